The number of aromatic nitrogens is 4. The van der Waals surface area contributed by atoms with Gasteiger partial charge in [-0.2, -0.15) is 5.10 Å². The minimum atomic E-state index is 0.521. The van der Waals surface area contributed by atoms with E-state index < -0.39 is 0 Å². The fourth-order valence-electron chi connectivity index (χ4n) is 1.77. The SMILES string of the molecule is Cc1cc(Nc2nc(=S)c3cn[nH]c3[nH]2)ccc1I. The summed E-state index contributed by atoms with van der Waals surface area (Å²) in [6.45, 7) is 2.07. The molecular weight excluding hydrogens is 373 g/mol. The maximum Gasteiger partial charge on any atom is 0.207 e. The molecule has 0 spiro atoms. The summed E-state index contributed by atoms with van der Waals surface area (Å²) < 4.78 is 1.75. The fourth-order valence-corrected chi connectivity index (χ4v) is 2.35. The molecule has 3 aromatic rings. The van der Waals surface area contributed by atoms with Gasteiger partial charge in [0.05, 0.1) is 11.6 Å². The van der Waals surface area contributed by atoms with Crippen LogP contribution in [0.2, 0.25) is 0 Å². The van der Waals surface area contributed by atoms with Crippen LogP contribution in [0, 0.1) is 15.1 Å². The first-order chi connectivity index (χ1) is 9.13. The molecule has 5 nitrogen and oxygen atoms in total. The minimum Gasteiger partial charge on any atom is -0.326 e. The van der Waals surface area contributed by atoms with Crippen molar-refractivity contribution >= 4 is 57.5 Å². The summed E-state index contributed by atoms with van der Waals surface area (Å²) in [6, 6.07) is 6.13. The first-order valence-electron chi connectivity index (χ1n) is 5.60. The number of halogens is 1. The van der Waals surface area contributed by atoms with Crippen molar-refractivity contribution in [1.29, 1.82) is 0 Å². The molecule has 0 amide bonds. The van der Waals surface area contributed by atoms with E-state index in [1.807, 2.05) is 6.07 Å². The summed E-state index contributed by atoms with van der Waals surface area (Å²) in [5.74, 6) is 0.599. The van der Waals surface area contributed by atoms with Crippen molar-refractivity contribution in [3.63, 3.8) is 0 Å². The zero-order valence-corrected chi connectivity index (χ0v) is 13.0. The molecule has 3 N–H and O–H groups in total. The van der Waals surface area contributed by atoms with Gasteiger partial charge in [0.25, 0.3) is 0 Å². The Balaban J connectivity index is 2.00. The van der Waals surface area contributed by atoms with Gasteiger partial charge in [0, 0.05) is 9.26 Å². The molecule has 7 heteroatoms. The van der Waals surface area contributed by atoms with E-state index in [-0.39, 0.29) is 0 Å². The van der Waals surface area contributed by atoms with Gasteiger partial charge in [-0.05, 0) is 53.3 Å². The number of nitrogens with one attached hydrogen (secondary N) is 3. The van der Waals surface area contributed by atoms with E-state index in [9.17, 15) is 0 Å². The number of H-pyrrole nitrogens is 2. The lowest BCUT2D eigenvalue weighted by atomic mass is 10.2. The summed E-state index contributed by atoms with van der Waals surface area (Å²) in [5, 5.41) is 10.8. The molecular formula is C12H10IN5S. The molecule has 1 aromatic carbocycles. The lowest BCUT2D eigenvalue weighted by molar-refractivity contribution is 1.09. The van der Waals surface area contributed by atoms with E-state index in [0.717, 1.165) is 16.7 Å². The van der Waals surface area contributed by atoms with E-state index in [1.165, 1.54) is 9.13 Å². The highest BCUT2D eigenvalue weighted by atomic mass is 127. The molecule has 0 aliphatic rings. The Hall–Kier alpha value is -1.48. The van der Waals surface area contributed by atoms with Crippen molar-refractivity contribution < 1.29 is 0 Å². The quantitative estimate of drug-likeness (QED) is 0.467. The maximum absolute atomic E-state index is 5.23. The zero-order chi connectivity index (χ0) is 13.4. The molecule has 96 valence electrons. The fraction of sp³-hybridized carbons (Fsp3) is 0.0833. The van der Waals surface area contributed by atoms with E-state index in [4.69, 9.17) is 12.2 Å². The minimum absolute atomic E-state index is 0.521. The van der Waals surface area contributed by atoms with Crippen molar-refractivity contribution in [3.8, 4) is 0 Å². The molecule has 3 rings (SSSR count). The smallest absolute Gasteiger partial charge is 0.207 e. The summed E-state index contributed by atoms with van der Waals surface area (Å²) >= 11 is 7.53. The van der Waals surface area contributed by atoms with Crippen LogP contribution in [0.15, 0.2) is 24.4 Å². The van der Waals surface area contributed by atoms with Gasteiger partial charge >= 0.3 is 0 Å². The molecule has 0 aliphatic heterocycles. The van der Waals surface area contributed by atoms with Crippen molar-refractivity contribution in [2.45, 2.75) is 6.92 Å². The molecule has 0 bridgehead atoms. The Kier molecular flexibility index (Phi) is 3.23. The highest BCUT2D eigenvalue weighted by Gasteiger charge is 2.04. The van der Waals surface area contributed by atoms with Crippen molar-refractivity contribution in [2.24, 2.45) is 0 Å². The molecule has 0 saturated heterocycles. The second kappa shape index (κ2) is 4.89. The van der Waals surface area contributed by atoms with Gasteiger partial charge < -0.3 is 10.3 Å². The average Bonchev–Trinajstić information content (AvgIpc) is 2.82. The number of nitrogens with zero attached hydrogens (tertiary/aromatic N) is 2. The molecule has 0 atom stereocenters. The lowest BCUT2D eigenvalue weighted by Gasteiger charge is -2.07. The van der Waals surface area contributed by atoms with Crippen LogP contribution in [0.3, 0.4) is 0 Å². The second-order valence-electron chi connectivity index (χ2n) is 4.14. The van der Waals surface area contributed by atoms with Crippen LogP contribution in [0.4, 0.5) is 11.6 Å². The third kappa shape index (κ3) is 2.47. The van der Waals surface area contributed by atoms with Gasteiger partial charge in [-0.1, -0.05) is 12.2 Å². The first kappa shape index (κ1) is 12.5. The normalized spacial score (nSPS) is 10.8. The Morgan fingerprint density at radius 3 is 3.00 bits per heavy atom. The summed E-state index contributed by atoms with van der Waals surface area (Å²) in [7, 11) is 0. The van der Waals surface area contributed by atoms with Gasteiger partial charge in [-0.3, -0.25) is 5.10 Å². The molecule has 0 fully saturated rings. The Labute approximate surface area is 128 Å². The van der Waals surface area contributed by atoms with Gasteiger partial charge in [-0.15, -0.1) is 0 Å². The summed E-state index contributed by atoms with van der Waals surface area (Å²) in [4.78, 5) is 7.43. The van der Waals surface area contributed by atoms with Crippen molar-refractivity contribution in [1.82, 2.24) is 20.2 Å². The van der Waals surface area contributed by atoms with Crippen molar-refractivity contribution in [3.05, 3.63) is 38.2 Å². The van der Waals surface area contributed by atoms with Crippen LogP contribution < -0.4 is 5.32 Å². The number of rotatable bonds is 2. The standard InChI is InChI=1S/C12H10IN5S/c1-6-4-7(2-3-9(6)13)15-12-16-10-8(5-14-18-10)11(19)17-12/h2-5H,1H3,(H3,14,15,16,17,18,19). The molecule has 2 heterocycles. The van der Waals surface area contributed by atoms with E-state index in [1.54, 1.807) is 6.20 Å². The second-order valence-corrected chi connectivity index (χ2v) is 5.69. The van der Waals surface area contributed by atoms with Crippen LogP contribution in [0.5, 0.6) is 0 Å². The van der Waals surface area contributed by atoms with Crippen molar-refractivity contribution in [2.75, 3.05) is 5.32 Å². The van der Waals surface area contributed by atoms with Gasteiger partial charge in [-0.25, -0.2) is 4.98 Å². The Morgan fingerprint density at radius 1 is 1.37 bits per heavy atom. The van der Waals surface area contributed by atoms with Gasteiger partial charge in [0.2, 0.25) is 5.95 Å². The lowest BCUT2D eigenvalue weighted by Crippen LogP contribution is -1.98. The van der Waals surface area contributed by atoms with Crippen LogP contribution in [-0.2, 0) is 0 Å². The predicted octanol–water partition coefficient (Wildman–Crippen LogP) is 3.67. The monoisotopic (exact) mass is 383 g/mol. The third-order valence-corrected chi connectivity index (χ3v) is 4.27. The topological polar surface area (TPSA) is 69.4 Å². The third-order valence-electron chi connectivity index (χ3n) is 2.75. The van der Waals surface area contributed by atoms with E-state index >= 15 is 0 Å². The summed E-state index contributed by atoms with van der Waals surface area (Å²) in [5.41, 5.74) is 2.95. The summed E-state index contributed by atoms with van der Waals surface area (Å²) in [6.07, 6.45) is 1.67. The van der Waals surface area contributed by atoms with E-state index in [0.29, 0.717) is 10.6 Å². The number of benzene rings is 1. The number of aryl methyl sites for hydroxylation is 1. The van der Waals surface area contributed by atoms with Gasteiger partial charge in [0.15, 0.2) is 0 Å². The van der Waals surface area contributed by atoms with Crippen LogP contribution >= 0.6 is 34.8 Å². The number of aromatic amines is 2. The van der Waals surface area contributed by atoms with Crippen LogP contribution in [0.25, 0.3) is 11.0 Å². The number of anilines is 2. The van der Waals surface area contributed by atoms with Crippen LogP contribution in [-0.4, -0.2) is 20.2 Å². The molecule has 0 aliphatic carbocycles. The molecule has 0 unspecified atom stereocenters. The number of hydrogen-bond donors (Lipinski definition) is 3. The highest BCUT2D eigenvalue weighted by Crippen LogP contribution is 2.20. The molecule has 2 aromatic heterocycles. The Bertz CT molecular complexity index is 807. The molecule has 0 saturated carbocycles. The zero-order valence-electron chi connectivity index (χ0n) is 9.99. The highest BCUT2D eigenvalue weighted by molar-refractivity contribution is 14.1. The van der Waals surface area contributed by atoms with Gasteiger partial charge in [0.1, 0.15) is 10.3 Å². The number of fused-ring (bicyclic) bond motifs is 1. The van der Waals surface area contributed by atoms with Crippen LogP contribution in [0.1, 0.15) is 5.56 Å². The average molecular weight is 383 g/mol. The predicted molar refractivity (Wildman–Crippen MR) is 86.3 cm³/mol. The maximum atomic E-state index is 5.23. The first-order valence-corrected chi connectivity index (χ1v) is 7.09. The largest absolute Gasteiger partial charge is 0.326 e. The Morgan fingerprint density at radius 2 is 2.21 bits per heavy atom. The molecule has 19 heavy (non-hydrogen) atoms. The molecule has 0 radical (unpaired) electrons. The van der Waals surface area contributed by atoms with E-state index in [2.05, 4.69) is 67.1 Å². The number of hydrogen-bond acceptors (Lipinski definition) is 4.